The van der Waals surface area contributed by atoms with Gasteiger partial charge in [-0.15, -0.1) is 0 Å². The lowest BCUT2D eigenvalue weighted by atomic mass is 9.96. The van der Waals surface area contributed by atoms with E-state index in [1.54, 1.807) is 0 Å². The molecule has 1 aliphatic heterocycles. The molecular weight excluding hydrogens is 448 g/mol. The van der Waals surface area contributed by atoms with Crippen LogP contribution in [0.5, 0.6) is 0 Å². The average Bonchev–Trinajstić information content (AvgIpc) is 3.39. The summed E-state index contributed by atoms with van der Waals surface area (Å²) in [6, 6.07) is 26.0. The summed E-state index contributed by atoms with van der Waals surface area (Å²) in [4.78, 5) is 6.97. The Morgan fingerprint density at radius 3 is 2.06 bits per heavy atom. The van der Waals surface area contributed by atoms with Crippen LogP contribution in [0.1, 0.15) is 59.7 Å². The van der Waals surface area contributed by atoms with Gasteiger partial charge in [0.15, 0.2) is 5.11 Å². The molecular formula is C30H32N4S. The summed E-state index contributed by atoms with van der Waals surface area (Å²) in [6.45, 7) is 8.76. The Balaban J connectivity index is 1.64. The van der Waals surface area contributed by atoms with Crippen LogP contribution in [-0.2, 0) is 12.8 Å². The zero-order valence-corrected chi connectivity index (χ0v) is 21.6. The molecule has 0 radical (unpaired) electrons. The Bertz CT molecular complexity index is 1320. The predicted octanol–water partition coefficient (Wildman–Crippen LogP) is 6.79. The molecule has 4 aromatic rings. The Labute approximate surface area is 213 Å². The molecule has 1 saturated heterocycles. The van der Waals surface area contributed by atoms with Crippen molar-refractivity contribution in [1.29, 1.82) is 0 Å². The fourth-order valence-electron chi connectivity index (χ4n) is 5.21. The lowest BCUT2D eigenvalue weighted by Crippen LogP contribution is -2.29. The smallest absolute Gasteiger partial charge is 0.174 e. The molecule has 0 amide bonds. The van der Waals surface area contributed by atoms with Crippen LogP contribution in [0.25, 0.3) is 5.69 Å². The van der Waals surface area contributed by atoms with Gasteiger partial charge in [-0.2, -0.15) is 0 Å². The second kappa shape index (κ2) is 9.67. The first-order chi connectivity index (χ1) is 17.0. The molecule has 5 rings (SSSR count). The van der Waals surface area contributed by atoms with Gasteiger partial charge in [-0.05, 0) is 98.1 Å². The lowest BCUT2D eigenvalue weighted by molar-refractivity contribution is 0.565. The van der Waals surface area contributed by atoms with Crippen LogP contribution < -0.4 is 10.2 Å². The summed E-state index contributed by atoms with van der Waals surface area (Å²) in [5, 5.41) is 4.32. The summed E-state index contributed by atoms with van der Waals surface area (Å²) in [5.74, 6) is 0. The van der Waals surface area contributed by atoms with E-state index in [1.807, 2.05) is 18.3 Å². The molecule has 2 aromatic heterocycles. The third kappa shape index (κ3) is 4.25. The number of aryl methyl sites for hydroxylation is 3. The van der Waals surface area contributed by atoms with Gasteiger partial charge in [-0.25, -0.2) is 0 Å². The number of aromatic nitrogens is 2. The summed E-state index contributed by atoms with van der Waals surface area (Å²) in [6.07, 6.45) is 3.91. The Morgan fingerprint density at radius 2 is 1.49 bits per heavy atom. The Kier molecular flexibility index (Phi) is 6.44. The van der Waals surface area contributed by atoms with Crippen LogP contribution in [0.2, 0.25) is 0 Å². The van der Waals surface area contributed by atoms with Crippen molar-refractivity contribution in [2.45, 2.75) is 52.6 Å². The third-order valence-corrected chi connectivity index (χ3v) is 7.43. The van der Waals surface area contributed by atoms with Gasteiger partial charge in [0.25, 0.3) is 0 Å². The molecule has 2 atom stereocenters. The quantitative estimate of drug-likeness (QED) is 0.308. The Morgan fingerprint density at radius 1 is 0.857 bits per heavy atom. The first-order valence-electron chi connectivity index (χ1n) is 12.4. The molecule has 2 aromatic carbocycles. The van der Waals surface area contributed by atoms with Crippen LogP contribution in [0, 0.1) is 13.8 Å². The van der Waals surface area contributed by atoms with E-state index in [4.69, 9.17) is 17.2 Å². The number of pyridine rings is 1. The van der Waals surface area contributed by atoms with E-state index in [-0.39, 0.29) is 12.1 Å². The molecule has 178 valence electrons. The molecule has 35 heavy (non-hydrogen) atoms. The van der Waals surface area contributed by atoms with Crippen molar-refractivity contribution >= 4 is 23.0 Å². The maximum Gasteiger partial charge on any atom is 0.174 e. The number of benzene rings is 2. The fraction of sp³-hybridized carbons (Fsp3) is 0.267. The summed E-state index contributed by atoms with van der Waals surface area (Å²) < 4.78 is 2.35. The molecule has 1 aliphatic rings. The predicted molar refractivity (Wildman–Crippen MR) is 148 cm³/mol. The van der Waals surface area contributed by atoms with Crippen LogP contribution in [0.15, 0.2) is 79.0 Å². The zero-order chi connectivity index (χ0) is 24.5. The molecule has 0 saturated carbocycles. The van der Waals surface area contributed by atoms with E-state index in [0.717, 1.165) is 29.3 Å². The molecule has 0 aliphatic carbocycles. The van der Waals surface area contributed by atoms with Crippen molar-refractivity contribution in [2.75, 3.05) is 4.90 Å². The van der Waals surface area contributed by atoms with Crippen LogP contribution in [-0.4, -0.2) is 14.7 Å². The highest BCUT2D eigenvalue weighted by Crippen LogP contribution is 2.43. The first-order valence-corrected chi connectivity index (χ1v) is 12.8. The van der Waals surface area contributed by atoms with Crippen molar-refractivity contribution in [3.8, 4) is 5.69 Å². The van der Waals surface area contributed by atoms with Crippen LogP contribution in [0.4, 0.5) is 5.69 Å². The number of rotatable bonds is 6. The molecule has 0 spiro atoms. The van der Waals surface area contributed by atoms with Crippen molar-refractivity contribution in [2.24, 2.45) is 0 Å². The van der Waals surface area contributed by atoms with Gasteiger partial charge in [0, 0.05) is 29.0 Å². The average molecular weight is 481 g/mol. The van der Waals surface area contributed by atoms with E-state index in [0.29, 0.717) is 0 Å². The SMILES string of the molecule is CCc1ccc(N2C(=S)N[C@@H](c3ccccn3)[C@H]2c2cc(C)n(-c3ccc(CC)cc3)c2C)cc1. The molecule has 0 unspecified atom stereocenters. The molecule has 5 heteroatoms. The van der Waals surface area contributed by atoms with Gasteiger partial charge in [-0.3, -0.25) is 4.98 Å². The minimum atomic E-state index is -0.0500. The van der Waals surface area contributed by atoms with Gasteiger partial charge in [-0.1, -0.05) is 44.2 Å². The van der Waals surface area contributed by atoms with Gasteiger partial charge in [0.2, 0.25) is 0 Å². The standard InChI is InChI=1S/C30H32N4S/c1-5-22-10-14-24(15-11-22)33-20(3)19-26(21(33)4)29-28(27-9-7-8-18-31-27)32-30(35)34(29)25-16-12-23(6-2)13-17-25/h7-19,28-29H,5-6H2,1-4H3,(H,32,35)/t28-,29+/m0/s1. The minimum absolute atomic E-state index is 0.0141. The van der Waals surface area contributed by atoms with Crippen LogP contribution in [0.3, 0.4) is 0 Å². The molecule has 4 nitrogen and oxygen atoms in total. The highest BCUT2D eigenvalue weighted by molar-refractivity contribution is 7.80. The number of thiocarbonyl (C=S) groups is 1. The molecule has 1 fully saturated rings. The minimum Gasteiger partial charge on any atom is -0.351 e. The topological polar surface area (TPSA) is 33.1 Å². The molecule has 1 N–H and O–H groups in total. The van der Waals surface area contributed by atoms with E-state index < -0.39 is 0 Å². The number of hydrogen-bond acceptors (Lipinski definition) is 2. The van der Waals surface area contributed by atoms with Crippen molar-refractivity contribution in [1.82, 2.24) is 14.9 Å². The summed E-state index contributed by atoms with van der Waals surface area (Å²) in [7, 11) is 0. The first kappa shape index (κ1) is 23.3. The van der Waals surface area contributed by atoms with E-state index in [2.05, 4.69) is 103 Å². The van der Waals surface area contributed by atoms with Gasteiger partial charge in [0.1, 0.15) is 0 Å². The van der Waals surface area contributed by atoms with Crippen molar-refractivity contribution in [3.63, 3.8) is 0 Å². The highest BCUT2D eigenvalue weighted by Gasteiger charge is 2.42. The summed E-state index contributed by atoms with van der Waals surface area (Å²) >= 11 is 5.92. The number of nitrogens with zero attached hydrogens (tertiary/aromatic N) is 3. The van der Waals surface area contributed by atoms with Crippen molar-refractivity contribution < 1.29 is 0 Å². The van der Waals surface area contributed by atoms with Crippen LogP contribution >= 0.6 is 12.2 Å². The van der Waals surface area contributed by atoms with Crippen molar-refractivity contribution in [3.05, 3.63) is 113 Å². The second-order valence-electron chi connectivity index (χ2n) is 9.20. The third-order valence-electron chi connectivity index (χ3n) is 7.11. The van der Waals surface area contributed by atoms with Gasteiger partial charge < -0.3 is 14.8 Å². The maximum atomic E-state index is 5.92. The van der Waals surface area contributed by atoms with E-state index >= 15 is 0 Å². The largest absolute Gasteiger partial charge is 0.351 e. The number of anilines is 1. The molecule has 0 bridgehead atoms. The van der Waals surface area contributed by atoms with Gasteiger partial charge in [0.05, 0.1) is 17.8 Å². The normalized spacial score (nSPS) is 17.6. The molecule has 3 heterocycles. The number of hydrogen-bond donors (Lipinski definition) is 1. The van der Waals surface area contributed by atoms with Gasteiger partial charge >= 0.3 is 0 Å². The Hall–Kier alpha value is -3.44. The zero-order valence-electron chi connectivity index (χ0n) is 20.8. The lowest BCUT2D eigenvalue weighted by Gasteiger charge is -2.28. The van der Waals surface area contributed by atoms with E-state index in [9.17, 15) is 0 Å². The summed E-state index contributed by atoms with van der Waals surface area (Å²) in [5.41, 5.74) is 9.62. The second-order valence-corrected chi connectivity index (χ2v) is 9.59. The highest BCUT2D eigenvalue weighted by atomic mass is 32.1. The monoisotopic (exact) mass is 480 g/mol. The van der Waals surface area contributed by atoms with E-state index in [1.165, 1.54) is 33.8 Å². The maximum absolute atomic E-state index is 5.92. The fourth-order valence-corrected chi connectivity index (χ4v) is 5.55. The number of nitrogens with one attached hydrogen (secondary N) is 1.